The minimum absolute atomic E-state index is 0.0343. The first-order valence-electron chi connectivity index (χ1n) is 8.11. The summed E-state index contributed by atoms with van der Waals surface area (Å²) in [6.45, 7) is 1.99. The summed E-state index contributed by atoms with van der Waals surface area (Å²) in [6, 6.07) is 13.1. The Bertz CT molecular complexity index is 986. The molecule has 0 aliphatic heterocycles. The number of hydrogen-bond donors (Lipinski definition) is 0. The van der Waals surface area contributed by atoms with Crippen molar-refractivity contribution in [1.29, 1.82) is 0 Å². The van der Waals surface area contributed by atoms with E-state index in [1.165, 1.54) is 23.9 Å². The van der Waals surface area contributed by atoms with Crippen LogP contribution in [0.4, 0.5) is 4.39 Å². The molecule has 0 fully saturated rings. The van der Waals surface area contributed by atoms with E-state index < -0.39 is 5.97 Å². The number of ether oxygens (including phenoxy) is 1. The molecule has 3 aromatic rings. The Morgan fingerprint density at radius 2 is 1.92 bits per heavy atom. The Morgan fingerprint density at radius 1 is 1.19 bits per heavy atom. The van der Waals surface area contributed by atoms with Gasteiger partial charge < -0.3 is 9.30 Å². The van der Waals surface area contributed by atoms with Crippen molar-refractivity contribution in [2.24, 2.45) is 0 Å². The molecule has 7 heteroatoms. The lowest BCUT2D eigenvalue weighted by molar-refractivity contribution is -0.143. The van der Waals surface area contributed by atoms with Gasteiger partial charge in [-0.3, -0.25) is 9.59 Å². The van der Waals surface area contributed by atoms with Gasteiger partial charge in [0.25, 0.3) is 5.56 Å². The average molecular weight is 372 g/mol. The van der Waals surface area contributed by atoms with Gasteiger partial charge in [-0.05, 0) is 36.8 Å². The van der Waals surface area contributed by atoms with Crippen molar-refractivity contribution in [3.8, 4) is 0 Å². The first-order chi connectivity index (χ1) is 12.6. The van der Waals surface area contributed by atoms with Gasteiger partial charge in [-0.25, -0.2) is 4.39 Å². The van der Waals surface area contributed by atoms with Crippen LogP contribution in [-0.4, -0.2) is 22.1 Å². The van der Waals surface area contributed by atoms with Crippen LogP contribution < -0.4 is 5.56 Å². The van der Waals surface area contributed by atoms with Crippen LogP contribution in [0, 0.1) is 5.82 Å². The maximum absolute atomic E-state index is 13.0. The number of para-hydroxylation sites is 1. The number of rotatable bonds is 6. The second-order valence-corrected chi connectivity index (χ2v) is 6.47. The van der Waals surface area contributed by atoms with Crippen LogP contribution in [0.15, 0.2) is 58.5 Å². The van der Waals surface area contributed by atoms with Crippen molar-refractivity contribution in [3.05, 3.63) is 70.3 Å². The van der Waals surface area contributed by atoms with Gasteiger partial charge in [-0.1, -0.05) is 36.0 Å². The molecule has 0 amide bonds. The molecule has 0 saturated heterocycles. The van der Waals surface area contributed by atoms with Crippen LogP contribution in [0.1, 0.15) is 12.5 Å². The van der Waals surface area contributed by atoms with Crippen molar-refractivity contribution in [2.45, 2.75) is 24.4 Å². The van der Waals surface area contributed by atoms with Crippen molar-refractivity contribution in [1.82, 2.24) is 9.55 Å². The summed E-state index contributed by atoms with van der Waals surface area (Å²) >= 11 is 1.32. The van der Waals surface area contributed by atoms with E-state index in [1.54, 1.807) is 47.9 Å². The Labute approximate surface area is 153 Å². The van der Waals surface area contributed by atoms with Gasteiger partial charge >= 0.3 is 5.97 Å². The fraction of sp³-hybridized carbons (Fsp3) is 0.211. The predicted octanol–water partition coefficient (Wildman–Crippen LogP) is 3.39. The molecule has 0 saturated carbocycles. The zero-order valence-corrected chi connectivity index (χ0v) is 15.0. The summed E-state index contributed by atoms with van der Waals surface area (Å²) in [7, 11) is 0. The van der Waals surface area contributed by atoms with Crippen LogP contribution in [0.5, 0.6) is 0 Å². The Morgan fingerprint density at radius 3 is 2.65 bits per heavy atom. The molecule has 1 aromatic heterocycles. The number of nitrogens with zero attached hydrogens (tertiary/aromatic N) is 2. The van der Waals surface area contributed by atoms with Crippen molar-refractivity contribution < 1.29 is 13.9 Å². The molecule has 0 bridgehead atoms. The van der Waals surface area contributed by atoms with Crippen LogP contribution in [-0.2, 0) is 21.8 Å². The minimum atomic E-state index is -0.397. The van der Waals surface area contributed by atoms with E-state index in [0.29, 0.717) is 21.8 Å². The number of carbonyl (C=O) groups excluding carboxylic acids is 1. The van der Waals surface area contributed by atoms with E-state index in [0.717, 1.165) is 5.56 Å². The highest BCUT2D eigenvalue weighted by Gasteiger charge is 2.14. The zero-order chi connectivity index (χ0) is 18.5. The molecule has 0 atom stereocenters. The molecule has 0 aliphatic carbocycles. The molecule has 3 rings (SSSR count). The predicted molar refractivity (Wildman–Crippen MR) is 98.6 cm³/mol. The van der Waals surface area contributed by atoms with Crippen LogP contribution in [0.25, 0.3) is 10.9 Å². The highest BCUT2D eigenvalue weighted by molar-refractivity contribution is 7.98. The van der Waals surface area contributed by atoms with Gasteiger partial charge in [-0.2, -0.15) is 4.98 Å². The molecule has 134 valence electrons. The molecule has 2 aromatic carbocycles. The molecule has 0 unspecified atom stereocenters. The van der Waals surface area contributed by atoms with E-state index >= 15 is 0 Å². The van der Waals surface area contributed by atoms with E-state index in [2.05, 4.69) is 4.98 Å². The van der Waals surface area contributed by atoms with Gasteiger partial charge in [0.15, 0.2) is 5.16 Å². The summed E-state index contributed by atoms with van der Waals surface area (Å²) in [4.78, 5) is 28.5. The molecular weight excluding hydrogens is 355 g/mol. The maximum atomic E-state index is 13.0. The smallest absolute Gasteiger partial charge is 0.326 e. The minimum Gasteiger partial charge on any atom is -0.465 e. The summed E-state index contributed by atoms with van der Waals surface area (Å²) in [5.41, 5.74) is 1.17. The lowest BCUT2D eigenvalue weighted by atomic mass is 10.2. The molecule has 0 radical (unpaired) electrons. The average Bonchev–Trinajstić information content (AvgIpc) is 2.64. The quantitative estimate of drug-likeness (QED) is 0.377. The lowest BCUT2D eigenvalue weighted by Crippen LogP contribution is -2.21. The Hall–Kier alpha value is -2.67. The highest BCUT2D eigenvalue weighted by Crippen LogP contribution is 2.23. The van der Waals surface area contributed by atoms with Crippen molar-refractivity contribution in [2.75, 3.05) is 6.61 Å². The summed E-state index contributed by atoms with van der Waals surface area (Å²) in [5, 5.41) is 0.869. The third-order valence-electron chi connectivity index (χ3n) is 3.73. The van der Waals surface area contributed by atoms with E-state index in [4.69, 9.17) is 4.74 Å². The number of fused-ring (bicyclic) bond motifs is 1. The molecule has 26 heavy (non-hydrogen) atoms. The van der Waals surface area contributed by atoms with Crippen molar-refractivity contribution in [3.63, 3.8) is 0 Å². The summed E-state index contributed by atoms with van der Waals surface area (Å²) < 4.78 is 19.8. The van der Waals surface area contributed by atoms with Crippen molar-refractivity contribution >= 4 is 28.6 Å². The monoisotopic (exact) mass is 372 g/mol. The van der Waals surface area contributed by atoms with Gasteiger partial charge in [0, 0.05) is 5.75 Å². The Balaban J connectivity index is 1.97. The standard InChI is InChI=1S/C19H17FN2O3S/c1-2-25-17(23)11-22-16-6-4-3-5-15(16)18(24)21-19(22)26-12-13-7-9-14(20)10-8-13/h3-10H,2,11-12H2,1H3. The normalized spacial score (nSPS) is 10.8. The van der Waals surface area contributed by atoms with Crippen LogP contribution >= 0.6 is 11.8 Å². The highest BCUT2D eigenvalue weighted by atomic mass is 32.2. The number of hydrogen-bond acceptors (Lipinski definition) is 5. The molecule has 5 nitrogen and oxygen atoms in total. The fourth-order valence-electron chi connectivity index (χ4n) is 2.53. The fourth-order valence-corrected chi connectivity index (χ4v) is 3.48. The first kappa shape index (κ1) is 18.1. The third kappa shape index (κ3) is 4.11. The second kappa shape index (κ2) is 8.14. The number of thioether (sulfide) groups is 1. The number of esters is 1. The van der Waals surface area contributed by atoms with Gasteiger partial charge in [0.05, 0.1) is 17.5 Å². The summed E-state index contributed by atoms with van der Waals surface area (Å²) in [5.74, 6) is -0.206. The molecule has 0 N–H and O–H groups in total. The number of carbonyl (C=O) groups is 1. The largest absolute Gasteiger partial charge is 0.465 e. The number of halogens is 1. The van der Waals surface area contributed by atoms with E-state index in [9.17, 15) is 14.0 Å². The Kier molecular flexibility index (Phi) is 5.68. The SMILES string of the molecule is CCOC(=O)Cn1c(SCc2ccc(F)cc2)nc(=O)c2ccccc21. The maximum Gasteiger partial charge on any atom is 0.326 e. The number of aromatic nitrogens is 2. The molecule has 1 heterocycles. The van der Waals surface area contributed by atoms with Gasteiger partial charge in [-0.15, -0.1) is 0 Å². The molecular formula is C19H17FN2O3S. The second-order valence-electron chi connectivity index (χ2n) is 5.52. The van der Waals surface area contributed by atoms with E-state index in [-0.39, 0.29) is 24.5 Å². The van der Waals surface area contributed by atoms with Crippen LogP contribution in [0.2, 0.25) is 0 Å². The third-order valence-corrected chi connectivity index (χ3v) is 4.77. The first-order valence-corrected chi connectivity index (χ1v) is 9.09. The van der Waals surface area contributed by atoms with E-state index in [1.807, 2.05) is 0 Å². The van der Waals surface area contributed by atoms with Gasteiger partial charge in [0.1, 0.15) is 12.4 Å². The summed E-state index contributed by atoms with van der Waals surface area (Å²) in [6.07, 6.45) is 0. The zero-order valence-electron chi connectivity index (χ0n) is 14.1. The lowest BCUT2D eigenvalue weighted by Gasteiger charge is -2.14. The topological polar surface area (TPSA) is 61.2 Å². The number of benzene rings is 2. The molecule has 0 spiro atoms. The van der Waals surface area contributed by atoms with Gasteiger partial charge in [0.2, 0.25) is 0 Å². The molecule has 0 aliphatic rings. The van der Waals surface area contributed by atoms with Crippen LogP contribution in [0.3, 0.4) is 0 Å².